The van der Waals surface area contributed by atoms with Gasteiger partial charge in [0.25, 0.3) is 0 Å². The molecule has 1 aromatic heterocycles. The van der Waals surface area contributed by atoms with Gasteiger partial charge in [-0.05, 0) is 25.5 Å². The molecule has 1 fully saturated rings. The van der Waals surface area contributed by atoms with Gasteiger partial charge in [-0.1, -0.05) is 13.8 Å². The molecular formula is C14H23N3S2. The zero-order chi connectivity index (χ0) is 13.5. The van der Waals surface area contributed by atoms with Gasteiger partial charge in [-0.2, -0.15) is 11.8 Å². The van der Waals surface area contributed by atoms with Gasteiger partial charge < -0.3 is 5.32 Å². The number of nitrogens with zero attached hydrogens (tertiary/aromatic N) is 2. The average Bonchev–Trinajstić information content (AvgIpc) is 2.48. The SMILES string of the molecule is CCCNCc1ccnc(C2SCCSC2CC)n1. The van der Waals surface area contributed by atoms with Gasteiger partial charge in [0.15, 0.2) is 0 Å². The summed E-state index contributed by atoms with van der Waals surface area (Å²) in [4.78, 5) is 9.28. The third-order valence-electron chi connectivity index (χ3n) is 3.17. The molecule has 0 radical (unpaired) electrons. The maximum absolute atomic E-state index is 4.76. The summed E-state index contributed by atoms with van der Waals surface area (Å²) < 4.78 is 0. The van der Waals surface area contributed by atoms with Crippen LogP contribution in [0.25, 0.3) is 0 Å². The molecule has 0 saturated carbocycles. The summed E-state index contributed by atoms with van der Waals surface area (Å²) in [5.74, 6) is 3.50. The molecule has 0 amide bonds. The first-order valence-electron chi connectivity index (χ1n) is 7.10. The van der Waals surface area contributed by atoms with Crippen molar-refractivity contribution in [3.8, 4) is 0 Å². The molecule has 1 aliphatic heterocycles. The van der Waals surface area contributed by atoms with E-state index in [1.165, 1.54) is 17.9 Å². The first-order chi connectivity index (χ1) is 9.35. The highest BCUT2D eigenvalue weighted by atomic mass is 32.2. The van der Waals surface area contributed by atoms with Gasteiger partial charge in [0, 0.05) is 29.5 Å². The molecule has 0 aliphatic carbocycles. The fourth-order valence-corrected chi connectivity index (χ4v) is 5.18. The Balaban J connectivity index is 2.04. The third kappa shape index (κ3) is 4.36. The van der Waals surface area contributed by atoms with Crippen LogP contribution in [0, 0.1) is 0 Å². The van der Waals surface area contributed by atoms with E-state index < -0.39 is 0 Å². The molecule has 19 heavy (non-hydrogen) atoms. The van der Waals surface area contributed by atoms with E-state index in [1.54, 1.807) is 0 Å². The minimum Gasteiger partial charge on any atom is -0.311 e. The maximum atomic E-state index is 4.76. The second-order valence-corrected chi connectivity index (χ2v) is 7.29. The Morgan fingerprint density at radius 3 is 2.95 bits per heavy atom. The van der Waals surface area contributed by atoms with Crippen LogP contribution in [0.2, 0.25) is 0 Å². The zero-order valence-corrected chi connectivity index (χ0v) is 13.4. The summed E-state index contributed by atoms with van der Waals surface area (Å²) >= 11 is 4.10. The molecule has 1 aliphatic rings. The highest BCUT2D eigenvalue weighted by Gasteiger charge is 2.28. The fraction of sp³-hybridized carbons (Fsp3) is 0.714. The summed E-state index contributed by atoms with van der Waals surface area (Å²) in [6.07, 6.45) is 4.27. The summed E-state index contributed by atoms with van der Waals surface area (Å²) in [5.41, 5.74) is 1.12. The molecule has 3 nitrogen and oxygen atoms in total. The second kappa shape index (κ2) is 8.12. The second-order valence-electron chi connectivity index (χ2n) is 4.69. The summed E-state index contributed by atoms with van der Waals surface area (Å²) in [6.45, 7) is 6.35. The maximum Gasteiger partial charge on any atom is 0.142 e. The molecule has 2 heterocycles. The van der Waals surface area contributed by atoms with Crippen LogP contribution in [-0.4, -0.2) is 33.3 Å². The summed E-state index contributed by atoms with van der Waals surface area (Å²) in [5, 5.41) is 4.54. The van der Waals surface area contributed by atoms with Gasteiger partial charge in [0.1, 0.15) is 5.82 Å². The van der Waals surface area contributed by atoms with Crippen molar-refractivity contribution < 1.29 is 0 Å². The fourth-order valence-electron chi connectivity index (χ4n) is 2.18. The molecule has 0 spiro atoms. The van der Waals surface area contributed by atoms with Crippen molar-refractivity contribution in [2.24, 2.45) is 0 Å². The minimum absolute atomic E-state index is 0.467. The van der Waals surface area contributed by atoms with E-state index in [1.807, 2.05) is 24.0 Å². The molecular weight excluding hydrogens is 274 g/mol. The third-order valence-corrected chi connectivity index (χ3v) is 6.41. The van der Waals surface area contributed by atoms with Crippen LogP contribution >= 0.6 is 23.5 Å². The number of hydrogen-bond acceptors (Lipinski definition) is 5. The van der Waals surface area contributed by atoms with E-state index >= 15 is 0 Å². The van der Waals surface area contributed by atoms with Crippen molar-refractivity contribution in [1.29, 1.82) is 0 Å². The van der Waals surface area contributed by atoms with Crippen LogP contribution in [0.3, 0.4) is 0 Å². The lowest BCUT2D eigenvalue weighted by Crippen LogP contribution is -2.21. The Kier molecular flexibility index (Phi) is 6.47. The van der Waals surface area contributed by atoms with Gasteiger partial charge in [0.2, 0.25) is 0 Å². The van der Waals surface area contributed by atoms with Gasteiger partial charge >= 0.3 is 0 Å². The van der Waals surface area contributed by atoms with Crippen LogP contribution in [0.5, 0.6) is 0 Å². The van der Waals surface area contributed by atoms with Crippen molar-refractivity contribution in [2.75, 3.05) is 18.1 Å². The topological polar surface area (TPSA) is 37.8 Å². The lowest BCUT2D eigenvalue weighted by atomic mass is 10.2. The van der Waals surface area contributed by atoms with Crippen molar-refractivity contribution in [3.63, 3.8) is 0 Å². The zero-order valence-electron chi connectivity index (χ0n) is 11.8. The smallest absolute Gasteiger partial charge is 0.142 e. The van der Waals surface area contributed by atoms with Gasteiger partial charge in [0.05, 0.1) is 10.9 Å². The number of rotatable bonds is 6. The summed E-state index contributed by atoms with van der Waals surface area (Å²) in [7, 11) is 0. The monoisotopic (exact) mass is 297 g/mol. The van der Waals surface area contributed by atoms with Crippen molar-refractivity contribution in [3.05, 3.63) is 23.8 Å². The molecule has 106 valence electrons. The molecule has 2 atom stereocenters. The number of thioether (sulfide) groups is 2. The van der Waals surface area contributed by atoms with Crippen LogP contribution in [-0.2, 0) is 6.54 Å². The Hall–Kier alpha value is -0.260. The largest absolute Gasteiger partial charge is 0.311 e. The Morgan fingerprint density at radius 2 is 2.16 bits per heavy atom. The van der Waals surface area contributed by atoms with Crippen LogP contribution in [0.1, 0.15) is 43.5 Å². The van der Waals surface area contributed by atoms with Gasteiger partial charge in [-0.15, -0.1) is 11.8 Å². The Labute approximate surface area is 124 Å². The van der Waals surface area contributed by atoms with Crippen LogP contribution in [0.15, 0.2) is 12.3 Å². The predicted octanol–water partition coefficient (Wildman–Crippen LogP) is 3.28. The molecule has 2 rings (SSSR count). The number of aromatic nitrogens is 2. The van der Waals surface area contributed by atoms with Crippen molar-refractivity contribution >= 4 is 23.5 Å². The quantitative estimate of drug-likeness (QED) is 0.816. The van der Waals surface area contributed by atoms with Gasteiger partial charge in [-0.25, -0.2) is 9.97 Å². The lowest BCUT2D eigenvalue weighted by Gasteiger charge is -2.28. The first kappa shape index (κ1) is 15.1. The lowest BCUT2D eigenvalue weighted by molar-refractivity contribution is 0.654. The molecule has 0 aromatic carbocycles. The van der Waals surface area contributed by atoms with E-state index in [4.69, 9.17) is 4.98 Å². The highest BCUT2D eigenvalue weighted by molar-refractivity contribution is 8.06. The molecule has 1 saturated heterocycles. The molecule has 0 bridgehead atoms. The normalized spacial score (nSPS) is 23.5. The predicted molar refractivity (Wildman–Crippen MR) is 85.8 cm³/mol. The van der Waals surface area contributed by atoms with Crippen LogP contribution in [0.4, 0.5) is 0 Å². The molecule has 5 heteroatoms. The molecule has 1 N–H and O–H groups in total. The number of nitrogens with one attached hydrogen (secondary N) is 1. The van der Waals surface area contributed by atoms with E-state index in [0.29, 0.717) is 10.5 Å². The average molecular weight is 297 g/mol. The first-order valence-corrected chi connectivity index (χ1v) is 9.20. The van der Waals surface area contributed by atoms with Crippen LogP contribution < -0.4 is 5.32 Å². The van der Waals surface area contributed by atoms with E-state index in [0.717, 1.165) is 31.0 Å². The molecule has 2 unspecified atom stereocenters. The number of hydrogen-bond donors (Lipinski definition) is 1. The van der Waals surface area contributed by atoms with Crippen molar-refractivity contribution in [2.45, 2.75) is 43.7 Å². The van der Waals surface area contributed by atoms with E-state index in [9.17, 15) is 0 Å². The van der Waals surface area contributed by atoms with Crippen molar-refractivity contribution in [1.82, 2.24) is 15.3 Å². The molecule has 1 aromatic rings. The summed E-state index contributed by atoms with van der Waals surface area (Å²) in [6, 6.07) is 2.02. The Bertz CT molecular complexity index is 387. The van der Waals surface area contributed by atoms with E-state index in [-0.39, 0.29) is 0 Å². The Morgan fingerprint density at radius 1 is 1.32 bits per heavy atom. The van der Waals surface area contributed by atoms with Gasteiger partial charge in [-0.3, -0.25) is 0 Å². The standard InChI is InChI=1S/C14H23N3S2/c1-3-6-15-10-11-5-7-16-14(17-11)13-12(4-2)18-8-9-19-13/h5,7,12-13,15H,3-4,6,8-10H2,1-2H3. The van der Waals surface area contributed by atoms with E-state index in [2.05, 4.69) is 35.9 Å². The minimum atomic E-state index is 0.467. The highest BCUT2D eigenvalue weighted by Crippen LogP contribution is 2.42.